The molecular formula is C25H24N4OS. The summed E-state index contributed by atoms with van der Waals surface area (Å²) < 4.78 is 0. The number of aryl methyl sites for hydroxylation is 3. The summed E-state index contributed by atoms with van der Waals surface area (Å²) in [5.74, 6) is 0.0751. The van der Waals surface area contributed by atoms with E-state index in [0.717, 1.165) is 59.3 Å². The van der Waals surface area contributed by atoms with Crippen molar-refractivity contribution in [3.63, 3.8) is 0 Å². The summed E-state index contributed by atoms with van der Waals surface area (Å²) in [5, 5.41) is 4.36. The summed E-state index contributed by atoms with van der Waals surface area (Å²) in [6.07, 6.45) is 11.3. The van der Waals surface area contributed by atoms with Crippen molar-refractivity contribution < 1.29 is 4.79 Å². The number of hydrogen-bond acceptors (Lipinski definition) is 4. The van der Waals surface area contributed by atoms with Gasteiger partial charge in [-0.3, -0.25) is 4.79 Å². The van der Waals surface area contributed by atoms with Gasteiger partial charge in [-0.1, -0.05) is 12.1 Å². The monoisotopic (exact) mass is 428 g/mol. The van der Waals surface area contributed by atoms with Crippen molar-refractivity contribution in [1.29, 1.82) is 0 Å². The van der Waals surface area contributed by atoms with Gasteiger partial charge in [-0.15, -0.1) is 11.3 Å². The zero-order valence-electron chi connectivity index (χ0n) is 17.3. The Kier molecular flexibility index (Phi) is 4.60. The van der Waals surface area contributed by atoms with Gasteiger partial charge in [0.25, 0.3) is 5.91 Å². The summed E-state index contributed by atoms with van der Waals surface area (Å²) in [5.41, 5.74) is 6.83. The predicted molar refractivity (Wildman–Crippen MR) is 123 cm³/mol. The van der Waals surface area contributed by atoms with E-state index in [-0.39, 0.29) is 11.9 Å². The van der Waals surface area contributed by atoms with E-state index in [1.54, 1.807) is 17.7 Å². The maximum Gasteiger partial charge on any atom is 0.261 e. The fourth-order valence-electron chi connectivity index (χ4n) is 5.05. The molecule has 3 aromatic heterocycles. The number of nitrogens with zero attached hydrogens (tertiary/aromatic N) is 2. The van der Waals surface area contributed by atoms with Crippen LogP contribution < -0.4 is 5.32 Å². The van der Waals surface area contributed by atoms with Crippen molar-refractivity contribution in [3.05, 3.63) is 69.3 Å². The summed E-state index contributed by atoms with van der Waals surface area (Å²) in [7, 11) is 0. The molecule has 5 nitrogen and oxygen atoms in total. The van der Waals surface area contributed by atoms with E-state index >= 15 is 0 Å². The van der Waals surface area contributed by atoms with Gasteiger partial charge in [0.1, 0.15) is 12.0 Å². The summed E-state index contributed by atoms with van der Waals surface area (Å²) in [6, 6.07) is 10.8. The lowest BCUT2D eigenvalue weighted by atomic mass is 9.86. The Labute approximate surface area is 185 Å². The number of aromatic amines is 1. The van der Waals surface area contributed by atoms with E-state index in [2.05, 4.69) is 44.5 Å². The molecule has 0 fully saturated rings. The van der Waals surface area contributed by atoms with Crippen LogP contribution in [0.25, 0.3) is 22.3 Å². The lowest BCUT2D eigenvalue weighted by Gasteiger charge is -2.27. The third-order valence-corrected chi connectivity index (χ3v) is 7.85. The fourth-order valence-corrected chi connectivity index (χ4v) is 6.20. The number of rotatable bonds is 3. The number of aromatic nitrogens is 3. The minimum atomic E-state index is 0.0714. The van der Waals surface area contributed by atoms with Gasteiger partial charge in [-0.05, 0) is 79.8 Å². The number of hydrogen-bond donors (Lipinski definition) is 2. The van der Waals surface area contributed by atoms with Crippen molar-refractivity contribution in [2.75, 3.05) is 0 Å². The number of benzene rings is 1. The molecule has 0 saturated heterocycles. The maximum atomic E-state index is 13.0. The van der Waals surface area contributed by atoms with E-state index < -0.39 is 0 Å². The first-order chi connectivity index (χ1) is 15.3. The highest BCUT2D eigenvalue weighted by Gasteiger charge is 2.25. The van der Waals surface area contributed by atoms with Crippen LogP contribution in [-0.2, 0) is 19.3 Å². The number of fused-ring (bicyclic) bond motifs is 3. The summed E-state index contributed by atoms with van der Waals surface area (Å²) >= 11 is 1.69. The van der Waals surface area contributed by atoms with Gasteiger partial charge in [0.2, 0.25) is 0 Å². The van der Waals surface area contributed by atoms with Gasteiger partial charge in [0, 0.05) is 22.0 Å². The van der Waals surface area contributed by atoms with Crippen LogP contribution in [-0.4, -0.2) is 20.9 Å². The number of thiophene rings is 1. The molecule has 1 atom stereocenters. The highest BCUT2D eigenvalue weighted by Crippen LogP contribution is 2.35. The Morgan fingerprint density at radius 1 is 1.03 bits per heavy atom. The van der Waals surface area contributed by atoms with Crippen LogP contribution in [0.1, 0.15) is 63.0 Å². The Morgan fingerprint density at radius 2 is 1.94 bits per heavy atom. The van der Waals surface area contributed by atoms with Crippen molar-refractivity contribution in [2.45, 2.75) is 51.0 Å². The lowest BCUT2D eigenvalue weighted by Crippen LogP contribution is -2.30. The number of amides is 1. The average molecular weight is 429 g/mol. The summed E-state index contributed by atoms with van der Waals surface area (Å²) in [6.45, 7) is 0. The van der Waals surface area contributed by atoms with Gasteiger partial charge in [0.15, 0.2) is 0 Å². The van der Waals surface area contributed by atoms with Gasteiger partial charge in [0.05, 0.1) is 16.6 Å². The molecule has 0 aliphatic heterocycles. The standard InChI is InChI=1S/C25H24N4OS/c30-25(22-13-16-4-1-2-7-21(16)31-22)29-20-6-3-5-15-12-17(8-9-18(15)20)23-19-10-11-26-24(19)28-14-27-23/h8-14,20H,1-7H2,(H,29,30)(H,26,27,28). The Morgan fingerprint density at radius 3 is 2.87 bits per heavy atom. The highest BCUT2D eigenvalue weighted by atomic mass is 32.1. The van der Waals surface area contributed by atoms with E-state index in [0.29, 0.717) is 0 Å². The molecule has 1 aromatic carbocycles. The van der Waals surface area contributed by atoms with Crippen LogP contribution in [0.4, 0.5) is 0 Å². The van der Waals surface area contributed by atoms with Crippen molar-refractivity contribution >= 4 is 28.3 Å². The largest absolute Gasteiger partial charge is 0.346 e. The van der Waals surface area contributed by atoms with Crippen LogP contribution in [0.2, 0.25) is 0 Å². The van der Waals surface area contributed by atoms with Gasteiger partial charge in [-0.2, -0.15) is 0 Å². The fraction of sp³-hybridized carbons (Fsp3) is 0.320. The average Bonchev–Trinajstić information content (AvgIpc) is 3.46. The molecule has 2 aliphatic rings. The van der Waals surface area contributed by atoms with Crippen LogP contribution in [0, 0.1) is 0 Å². The first-order valence-electron chi connectivity index (χ1n) is 11.1. The molecule has 2 N–H and O–H groups in total. The molecule has 31 heavy (non-hydrogen) atoms. The molecule has 6 rings (SSSR count). The minimum absolute atomic E-state index is 0.0714. The van der Waals surface area contributed by atoms with E-state index in [9.17, 15) is 4.79 Å². The molecular weight excluding hydrogens is 404 g/mol. The molecule has 3 heterocycles. The quantitative estimate of drug-likeness (QED) is 0.461. The smallest absolute Gasteiger partial charge is 0.261 e. The van der Waals surface area contributed by atoms with Crippen molar-refractivity contribution in [1.82, 2.24) is 20.3 Å². The third kappa shape index (κ3) is 3.35. The Bertz CT molecular complexity index is 1260. The van der Waals surface area contributed by atoms with Gasteiger partial charge >= 0.3 is 0 Å². The van der Waals surface area contributed by atoms with E-state index in [4.69, 9.17) is 0 Å². The minimum Gasteiger partial charge on any atom is -0.346 e. The first-order valence-corrected chi connectivity index (χ1v) is 11.9. The second-order valence-electron chi connectivity index (χ2n) is 8.56. The Hall–Kier alpha value is -2.99. The highest BCUT2D eigenvalue weighted by molar-refractivity contribution is 7.14. The summed E-state index contributed by atoms with van der Waals surface area (Å²) in [4.78, 5) is 27.3. The number of carbonyl (C=O) groups is 1. The number of H-pyrrole nitrogens is 1. The van der Waals surface area contributed by atoms with Crippen LogP contribution in [0.3, 0.4) is 0 Å². The first kappa shape index (κ1) is 18.8. The second kappa shape index (κ2) is 7.61. The van der Waals surface area contributed by atoms with Gasteiger partial charge < -0.3 is 10.3 Å². The van der Waals surface area contributed by atoms with Crippen LogP contribution in [0.5, 0.6) is 0 Å². The number of carbonyl (C=O) groups excluding carboxylic acids is 1. The molecule has 1 amide bonds. The topological polar surface area (TPSA) is 70.7 Å². The third-order valence-electron chi connectivity index (χ3n) is 6.61. The molecule has 4 aromatic rings. The SMILES string of the molecule is O=C(NC1CCCc2cc(-c3ncnc4[nH]ccc34)ccc21)c1cc2c(s1)CCCC2. The predicted octanol–water partition coefficient (Wildman–Crippen LogP) is 5.37. The Balaban J connectivity index is 1.28. The van der Waals surface area contributed by atoms with Crippen LogP contribution in [0.15, 0.2) is 42.9 Å². The molecule has 0 saturated carbocycles. The van der Waals surface area contributed by atoms with E-state index in [1.807, 2.05) is 12.3 Å². The molecule has 156 valence electrons. The van der Waals surface area contributed by atoms with Crippen LogP contribution >= 0.6 is 11.3 Å². The maximum absolute atomic E-state index is 13.0. The number of nitrogens with one attached hydrogen (secondary N) is 2. The van der Waals surface area contributed by atoms with Gasteiger partial charge in [-0.25, -0.2) is 9.97 Å². The molecule has 0 radical (unpaired) electrons. The normalized spacial score (nSPS) is 17.9. The lowest BCUT2D eigenvalue weighted by molar-refractivity contribution is 0.0937. The molecule has 0 bridgehead atoms. The second-order valence-corrected chi connectivity index (χ2v) is 9.70. The van der Waals surface area contributed by atoms with Crippen molar-refractivity contribution in [3.8, 4) is 11.3 Å². The molecule has 6 heteroatoms. The van der Waals surface area contributed by atoms with E-state index in [1.165, 1.54) is 34.4 Å². The molecule has 0 spiro atoms. The zero-order valence-corrected chi connectivity index (χ0v) is 18.1. The zero-order chi connectivity index (χ0) is 20.8. The van der Waals surface area contributed by atoms with Crippen molar-refractivity contribution in [2.24, 2.45) is 0 Å². The molecule has 2 aliphatic carbocycles. The molecule has 1 unspecified atom stereocenters.